The molecule has 11 aromatic carbocycles. The van der Waals surface area contributed by atoms with Gasteiger partial charge in [-0.2, -0.15) is 0 Å². The monoisotopic (exact) mass is 905 g/mol. The summed E-state index contributed by atoms with van der Waals surface area (Å²) in [5.74, 6) is 0. The second-order valence-corrected chi connectivity index (χ2v) is 19.3. The summed E-state index contributed by atoms with van der Waals surface area (Å²) in [5.41, 5.74) is 23.2. The molecule has 1 heterocycles. The van der Waals surface area contributed by atoms with Crippen LogP contribution in [0.2, 0.25) is 0 Å². The smallest absolute Gasteiger partial charge is 0.137 e. The van der Waals surface area contributed by atoms with Gasteiger partial charge in [-0.1, -0.05) is 206 Å². The van der Waals surface area contributed by atoms with Gasteiger partial charge in [0.15, 0.2) is 0 Å². The lowest BCUT2D eigenvalue weighted by Gasteiger charge is -2.34. The van der Waals surface area contributed by atoms with Crippen molar-refractivity contribution in [1.29, 1.82) is 0 Å². The molecule has 0 fully saturated rings. The molecule has 12 aromatic rings. The van der Waals surface area contributed by atoms with Crippen LogP contribution in [0.5, 0.6) is 0 Å². The van der Waals surface area contributed by atoms with Crippen LogP contribution < -0.4 is 4.90 Å². The normalized spacial score (nSPS) is 15.0. The van der Waals surface area contributed by atoms with Crippen LogP contribution in [0.3, 0.4) is 0 Å². The lowest BCUT2D eigenvalue weighted by molar-refractivity contribution is 0.669. The third kappa shape index (κ3) is 6.21. The number of furan rings is 1. The van der Waals surface area contributed by atoms with Crippen LogP contribution in [0.1, 0.15) is 45.9 Å². The first kappa shape index (κ1) is 41.0. The summed E-state index contributed by atoms with van der Waals surface area (Å²) in [6, 6.07) is 98.0. The number of hydrogen-bond donors (Lipinski definition) is 0. The average molecular weight is 906 g/mol. The van der Waals surface area contributed by atoms with Gasteiger partial charge in [0.25, 0.3) is 0 Å². The second kappa shape index (κ2) is 16.1. The van der Waals surface area contributed by atoms with E-state index in [9.17, 15) is 0 Å². The maximum absolute atomic E-state index is 6.49. The molecule has 0 saturated heterocycles. The summed E-state index contributed by atoms with van der Waals surface area (Å²) in [4.78, 5) is 2.35. The van der Waals surface area contributed by atoms with E-state index in [0.717, 1.165) is 44.6 Å². The minimum Gasteiger partial charge on any atom is -0.456 e. The van der Waals surface area contributed by atoms with Gasteiger partial charge in [-0.15, -0.1) is 0 Å². The van der Waals surface area contributed by atoms with Crippen LogP contribution in [0.15, 0.2) is 271 Å². The maximum atomic E-state index is 6.49. The van der Waals surface area contributed by atoms with Crippen LogP contribution in [0.4, 0.5) is 17.1 Å². The molecular formula is C69H47NO. The Bertz CT molecular complexity index is 3940. The largest absolute Gasteiger partial charge is 0.456 e. The van der Waals surface area contributed by atoms with Crippen molar-refractivity contribution in [2.45, 2.75) is 17.8 Å². The van der Waals surface area contributed by atoms with Crippen molar-refractivity contribution in [3.63, 3.8) is 0 Å². The van der Waals surface area contributed by atoms with Gasteiger partial charge in [0.05, 0.1) is 5.41 Å². The molecule has 2 nitrogen and oxygen atoms in total. The Morgan fingerprint density at radius 1 is 0.296 bits per heavy atom. The van der Waals surface area contributed by atoms with Gasteiger partial charge in [-0.05, 0) is 145 Å². The summed E-state index contributed by atoms with van der Waals surface area (Å²) in [5, 5.41) is 2.23. The summed E-state index contributed by atoms with van der Waals surface area (Å²) >= 11 is 0. The third-order valence-electron chi connectivity index (χ3n) is 15.7. The minimum atomic E-state index is -0.463. The zero-order chi connectivity index (χ0) is 47.1. The molecule has 1 atom stereocenters. The predicted molar refractivity (Wildman–Crippen MR) is 294 cm³/mol. The molecule has 0 radical (unpaired) electrons. The van der Waals surface area contributed by atoms with Gasteiger partial charge in [0.2, 0.25) is 0 Å². The molecule has 0 bridgehead atoms. The minimum absolute atomic E-state index is 0.265. The van der Waals surface area contributed by atoms with Crippen molar-refractivity contribution < 1.29 is 4.42 Å². The van der Waals surface area contributed by atoms with Gasteiger partial charge in [0.1, 0.15) is 11.2 Å². The molecule has 71 heavy (non-hydrogen) atoms. The fourth-order valence-corrected chi connectivity index (χ4v) is 12.3. The Morgan fingerprint density at radius 2 is 0.732 bits per heavy atom. The van der Waals surface area contributed by atoms with Crippen LogP contribution in [0, 0.1) is 0 Å². The Kier molecular flexibility index (Phi) is 9.28. The van der Waals surface area contributed by atoms with Crippen LogP contribution in [-0.2, 0) is 10.8 Å². The molecule has 0 N–H and O–H groups in total. The third-order valence-corrected chi connectivity index (χ3v) is 15.7. The van der Waals surface area contributed by atoms with Crippen molar-refractivity contribution >= 4 is 39.0 Å². The summed E-state index contributed by atoms with van der Waals surface area (Å²) in [7, 11) is 0. The number of benzene rings is 11. The van der Waals surface area contributed by atoms with Crippen LogP contribution >= 0.6 is 0 Å². The van der Waals surface area contributed by atoms with Gasteiger partial charge < -0.3 is 9.32 Å². The van der Waals surface area contributed by atoms with Gasteiger partial charge in [-0.25, -0.2) is 0 Å². The molecule has 14 rings (SSSR count). The molecule has 0 amide bonds. The number of hydrogen-bond acceptors (Lipinski definition) is 2. The number of rotatable bonds is 8. The first-order chi connectivity index (χ1) is 35.1. The van der Waals surface area contributed by atoms with Gasteiger partial charge in [-0.3, -0.25) is 0 Å². The molecule has 2 aliphatic carbocycles. The standard InChI is InChI=1S/C69H47NO/c1-68(50-17-5-2-6-18-50)62-26-14-11-23-56(62)58-40-33-48(43-64(58)68)46-29-35-53(36-30-46)70(55-39-42-61-60-25-13-16-28-66(60)71-67(61)45-55)54-37-31-47(32-38-54)49-34-41-59-57-24-12-15-27-63(57)69(65(59)44-49,51-19-7-3-8-20-51)52-21-9-4-10-22-52/h2-45H,1H3. The first-order valence-electron chi connectivity index (χ1n) is 24.7. The van der Waals surface area contributed by atoms with Crippen molar-refractivity contribution in [3.05, 3.63) is 306 Å². The lowest BCUT2D eigenvalue weighted by Crippen LogP contribution is -2.28. The molecule has 0 spiro atoms. The van der Waals surface area contributed by atoms with E-state index in [1.165, 1.54) is 77.9 Å². The number of nitrogens with zero attached hydrogens (tertiary/aromatic N) is 1. The topological polar surface area (TPSA) is 16.4 Å². The number of fused-ring (bicyclic) bond motifs is 9. The molecule has 1 unspecified atom stereocenters. The highest BCUT2D eigenvalue weighted by Gasteiger charge is 2.46. The molecule has 2 aliphatic rings. The quantitative estimate of drug-likeness (QED) is 0.151. The summed E-state index contributed by atoms with van der Waals surface area (Å²) < 4.78 is 6.49. The average Bonchev–Trinajstić information content (AvgIpc) is 4.06. The van der Waals surface area contributed by atoms with E-state index in [0.29, 0.717) is 0 Å². The zero-order valence-corrected chi connectivity index (χ0v) is 39.3. The molecule has 334 valence electrons. The predicted octanol–water partition coefficient (Wildman–Crippen LogP) is 18.1. The van der Waals surface area contributed by atoms with Crippen LogP contribution in [0.25, 0.3) is 66.4 Å². The Hall–Kier alpha value is -8.98. The van der Waals surface area contributed by atoms with Crippen molar-refractivity contribution in [1.82, 2.24) is 0 Å². The molecule has 0 aliphatic heterocycles. The Morgan fingerprint density at radius 3 is 1.35 bits per heavy atom. The molecule has 2 heteroatoms. The van der Waals surface area contributed by atoms with E-state index in [-0.39, 0.29) is 5.41 Å². The highest BCUT2D eigenvalue weighted by molar-refractivity contribution is 6.06. The highest BCUT2D eigenvalue weighted by atomic mass is 16.3. The van der Waals surface area contributed by atoms with Crippen molar-refractivity contribution in [3.8, 4) is 44.5 Å². The molecule has 0 saturated carbocycles. The van der Waals surface area contributed by atoms with Crippen molar-refractivity contribution in [2.75, 3.05) is 4.90 Å². The fraction of sp³-hybridized carbons (Fsp3) is 0.0435. The van der Waals surface area contributed by atoms with E-state index < -0.39 is 5.41 Å². The van der Waals surface area contributed by atoms with E-state index in [1.54, 1.807) is 0 Å². The summed E-state index contributed by atoms with van der Waals surface area (Å²) in [6.07, 6.45) is 0. The van der Waals surface area contributed by atoms with E-state index in [4.69, 9.17) is 4.42 Å². The first-order valence-corrected chi connectivity index (χ1v) is 24.7. The zero-order valence-electron chi connectivity index (χ0n) is 39.3. The highest BCUT2D eigenvalue weighted by Crippen LogP contribution is 2.57. The second-order valence-electron chi connectivity index (χ2n) is 19.3. The molecule has 1 aromatic heterocycles. The van der Waals surface area contributed by atoms with E-state index >= 15 is 0 Å². The lowest BCUT2D eigenvalue weighted by atomic mass is 9.67. The van der Waals surface area contributed by atoms with Gasteiger partial charge >= 0.3 is 0 Å². The Labute approximate surface area is 414 Å². The Balaban J connectivity index is 0.868. The van der Waals surface area contributed by atoms with Crippen molar-refractivity contribution in [2.24, 2.45) is 0 Å². The van der Waals surface area contributed by atoms with E-state index in [2.05, 4.69) is 267 Å². The molecular weight excluding hydrogens is 859 g/mol. The maximum Gasteiger partial charge on any atom is 0.137 e. The van der Waals surface area contributed by atoms with Crippen LogP contribution in [-0.4, -0.2) is 0 Å². The number of para-hydroxylation sites is 1. The van der Waals surface area contributed by atoms with Gasteiger partial charge in [0, 0.05) is 39.3 Å². The summed E-state index contributed by atoms with van der Waals surface area (Å²) in [6.45, 7) is 2.38. The number of anilines is 3. The SMILES string of the molecule is CC1(c2ccccc2)c2ccccc2-c2ccc(-c3ccc(N(c4ccc(-c5ccc6c(c5)C(c5ccccc5)(c5ccccc5)c5ccccc5-6)cc4)c4ccc5c(c4)oc4ccccc45)cc3)cc21. The fourth-order valence-electron chi connectivity index (χ4n) is 12.3. The van der Waals surface area contributed by atoms with E-state index in [1.807, 2.05) is 12.1 Å².